The largest absolute Gasteiger partial charge is 0.375 e. The van der Waals surface area contributed by atoms with Gasteiger partial charge in [0.1, 0.15) is 0 Å². The van der Waals surface area contributed by atoms with Gasteiger partial charge >= 0.3 is 6.03 Å². The fourth-order valence-electron chi connectivity index (χ4n) is 4.54. The van der Waals surface area contributed by atoms with E-state index in [1.807, 2.05) is 0 Å². The van der Waals surface area contributed by atoms with Crippen LogP contribution in [0.5, 0.6) is 0 Å². The number of hydrogen-bond donors (Lipinski definition) is 2. The molecule has 1 saturated carbocycles. The van der Waals surface area contributed by atoms with Crippen molar-refractivity contribution >= 4 is 6.03 Å². The summed E-state index contributed by atoms with van der Waals surface area (Å²) in [6, 6.07) is 0.465. The lowest BCUT2D eigenvalue weighted by atomic mass is 9.89. The Hall–Kier alpha value is -0.810. The van der Waals surface area contributed by atoms with Crippen molar-refractivity contribution in [1.82, 2.24) is 15.5 Å². The first-order chi connectivity index (χ1) is 11.2. The van der Waals surface area contributed by atoms with E-state index < -0.39 is 0 Å². The number of ether oxygens (including phenoxy) is 1. The lowest BCUT2D eigenvalue weighted by molar-refractivity contribution is -0.0820. The molecule has 3 aliphatic rings. The van der Waals surface area contributed by atoms with E-state index in [0.29, 0.717) is 0 Å². The molecular weight excluding hydrogens is 290 g/mol. The van der Waals surface area contributed by atoms with Crippen molar-refractivity contribution < 1.29 is 9.53 Å². The molecule has 0 aromatic carbocycles. The highest BCUT2D eigenvalue weighted by Gasteiger charge is 2.40. The average molecular weight is 323 g/mol. The lowest BCUT2D eigenvalue weighted by Crippen LogP contribution is -2.53. The van der Waals surface area contributed by atoms with Crippen molar-refractivity contribution in [3.8, 4) is 0 Å². The molecule has 1 aliphatic carbocycles. The van der Waals surface area contributed by atoms with E-state index in [9.17, 15) is 4.79 Å². The van der Waals surface area contributed by atoms with Gasteiger partial charge in [-0.15, -0.1) is 0 Å². The van der Waals surface area contributed by atoms with Gasteiger partial charge in [-0.05, 0) is 58.5 Å². The number of nitrogens with one attached hydrogen (secondary N) is 2. The van der Waals surface area contributed by atoms with Crippen LogP contribution in [-0.4, -0.2) is 54.9 Å². The Morgan fingerprint density at radius 2 is 1.96 bits per heavy atom. The number of nitrogens with zero attached hydrogens (tertiary/aromatic N) is 1. The molecule has 0 aromatic heterocycles. The summed E-state index contributed by atoms with van der Waals surface area (Å²) >= 11 is 0. The zero-order valence-corrected chi connectivity index (χ0v) is 14.6. The Labute approximate surface area is 140 Å². The van der Waals surface area contributed by atoms with Crippen molar-refractivity contribution in [3.05, 3.63) is 0 Å². The van der Waals surface area contributed by atoms with E-state index in [1.54, 1.807) is 0 Å². The molecule has 2 atom stereocenters. The van der Waals surface area contributed by atoms with Gasteiger partial charge in [-0.25, -0.2) is 4.79 Å². The molecule has 0 radical (unpaired) electrons. The highest BCUT2D eigenvalue weighted by Crippen LogP contribution is 2.39. The van der Waals surface area contributed by atoms with Crippen LogP contribution < -0.4 is 10.6 Å². The molecule has 2 aliphatic heterocycles. The van der Waals surface area contributed by atoms with Gasteiger partial charge in [0.05, 0.1) is 5.60 Å². The third kappa shape index (κ3) is 4.83. The van der Waals surface area contributed by atoms with Crippen molar-refractivity contribution in [2.75, 3.05) is 26.2 Å². The molecule has 0 aromatic rings. The molecule has 5 nitrogen and oxygen atoms in total. The van der Waals surface area contributed by atoms with Crippen LogP contribution in [0.1, 0.15) is 64.7 Å². The van der Waals surface area contributed by atoms with Gasteiger partial charge in [0.25, 0.3) is 0 Å². The van der Waals surface area contributed by atoms with Gasteiger partial charge in [0.2, 0.25) is 0 Å². The molecule has 23 heavy (non-hydrogen) atoms. The summed E-state index contributed by atoms with van der Waals surface area (Å²) in [5, 5.41) is 6.31. The van der Waals surface area contributed by atoms with Crippen LogP contribution in [-0.2, 0) is 4.74 Å². The van der Waals surface area contributed by atoms with Gasteiger partial charge in [-0.3, -0.25) is 0 Å². The second-order valence-corrected chi connectivity index (χ2v) is 7.81. The Balaban J connectivity index is 1.39. The quantitative estimate of drug-likeness (QED) is 0.836. The minimum Gasteiger partial charge on any atom is -0.375 e. The van der Waals surface area contributed by atoms with Crippen LogP contribution in [0.25, 0.3) is 0 Å². The summed E-state index contributed by atoms with van der Waals surface area (Å²) in [5.74, 6) is 0. The van der Waals surface area contributed by atoms with Crippen molar-refractivity contribution in [3.63, 3.8) is 0 Å². The Kier molecular flexibility index (Phi) is 5.81. The standard InChI is InChI=1S/C18H33N3O2/c1-15(14-21-10-5-2-6-11-21)19-17(22)20-16-7-12-23-18(13-16)8-3-4-9-18/h15-16H,2-14H2,1H3,(H2,19,20,22)/t15-,16+/m1/s1. The minimum atomic E-state index is -0.00504. The highest BCUT2D eigenvalue weighted by atomic mass is 16.5. The number of rotatable bonds is 4. The van der Waals surface area contributed by atoms with Crippen LogP contribution in [0.3, 0.4) is 0 Å². The summed E-state index contributed by atoms with van der Waals surface area (Å²) in [5.41, 5.74) is 0.0651. The maximum absolute atomic E-state index is 12.3. The molecule has 2 saturated heterocycles. The van der Waals surface area contributed by atoms with Crippen molar-refractivity contribution in [1.29, 1.82) is 0 Å². The van der Waals surface area contributed by atoms with Crippen LogP contribution in [0.4, 0.5) is 4.79 Å². The van der Waals surface area contributed by atoms with Crippen LogP contribution in [0.2, 0.25) is 0 Å². The van der Waals surface area contributed by atoms with Crippen molar-refractivity contribution in [2.45, 2.75) is 82.4 Å². The summed E-state index contributed by atoms with van der Waals surface area (Å²) < 4.78 is 6.04. The number of likely N-dealkylation sites (tertiary alicyclic amines) is 1. The van der Waals surface area contributed by atoms with Crippen molar-refractivity contribution in [2.24, 2.45) is 0 Å². The zero-order valence-electron chi connectivity index (χ0n) is 14.6. The van der Waals surface area contributed by atoms with E-state index in [2.05, 4.69) is 22.5 Å². The van der Waals surface area contributed by atoms with Gasteiger partial charge < -0.3 is 20.3 Å². The van der Waals surface area contributed by atoms with Crippen LogP contribution >= 0.6 is 0 Å². The maximum Gasteiger partial charge on any atom is 0.315 e. The van der Waals surface area contributed by atoms with E-state index in [1.165, 1.54) is 45.2 Å². The third-order valence-electron chi connectivity index (χ3n) is 5.70. The second-order valence-electron chi connectivity index (χ2n) is 7.81. The summed E-state index contributed by atoms with van der Waals surface area (Å²) in [4.78, 5) is 14.8. The molecule has 1 spiro atoms. The topological polar surface area (TPSA) is 53.6 Å². The number of carbonyl (C=O) groups is 1. The van der Waals surface area contributed by atoms with Crippen LogP contribution in [0.15, 0.2) is 0 Å². The fraction of sp³-hybridized carbons (Fsp3) is 0.944. The normalized spacial score (nSPS) is 29.3. The SMILES string of the molecule is C[C@H](CN1CCCCC1)NC(=O)N[C@H]1CCOC2(CCCC2)C1. The molecular formula is C18H33N3O2. The Bertz CT molecular complexity index is 390. The molecule has 0 unspecified atom stereocenters. The van der Waals surface area contributed by atoms with E-state index >= 15 is 0 Å². The fourth-order valence-corrected chi connectivity index (χ4v) is 4.54. The molecule has 3 rings (SSSR count). The molecule has 2 heterocycles. The van der Waals surface area contributed by atoms with E-state index in [-0.39, 0.29) is 23.7 Å². The minimum absolute atomic E-state index is 0.00504. The number of carbonyl (C=O) groups excluding carboxylic acids is 1. The van der Waals surface area contributed by atoms with Gasteiger partial charge in [-0.1, -0.05) is 19.3 Å². The second kappa shape index (κ2) is 7.84. The van der Waals surface area contributed by atoms with E-state index in [4.69, 9.17) is 4.74 Å². The Morgan fingerprint density at radius 1 is 1.22 bits per heavy atom. The summed E-state index contributed by atoms with van der Waals surface area (Å²) in [7, 11) is 0. The van der Waals surface area contributed by atoms with Gasteiger partial charge in [-0.2, -0.15) is 0 Å². The Morgan fingerprint density at radius 3 is 2.70 bits per heavy atom. The first kappa shape index (κ1) is 17.0. The summed E-state index contributed by atoms with van der Waals surface area (Å²) in [6.45, 7) is 6.21. The molecule has 5 heteroatoms. The van der Waals surface area contributed by atoms with E-state index in [0.717, 1.165) is 38.8 Å². The molecule has 3 fully saturated rings. The number of amides is 2. The molecule has 2 N–H and O–H groups in total. The smallest absolute Gasteiger partial charge is 0.315 e. The third-order valence-corrected chi connectivity index (χ3v) is 5.70. The predicted octanol–water partition coefficient (Wildman–Crippen LogP) is 2.65. The zero-order chi connectivity index (χ0) is 16.1. The van der Waals surface area contributed by atoms with Crippen LogP contribution in [0, 0.1) is 0 Å². The molecule has 2 amide bonds. The first-order valence-electron chi connectivity index (χ1n) is 9.59. The monoisotopic (exact) mass is 323 g/mol. The van der Waals surface area contributed by atoms with Gasteiger partial charge in [0.15, 0.2) is 0 Å². The predicted molar refractivity (Wildman–Crippen MR) is 91.6 cm³/mol. The number of urea groups is 1. The summed E-state index contributed by atoms with van der Waals surface area (Å²) in [6.07, 6.45) is 10.7. The number of hydrogen-bond acceptors (Lipinski definition) is 3. The lowest BCUT2D eigenvalue weighted by Gasteiger charge is -2.38. The maximum atomic E-state index is 12.3. The number of piperidine rings is 1. The average Bonchev–Trinajstić information content (AvgIpc) is 2.95. The highest BCUT2D eigenvalue weighted by molar-refractivity contribution is 5.74. The molecule has 132 valence electrons. The van der Waals surface area contributed by atoms with Gasteiger partial charge in [0, 0.05) is 25.2 Å². The molecule has 0 bridgehead atoms. The first-order valence-corrected chi connectivity index (χ1v) is 9.59.